The zero-order valence-electron chi connectivity index (χ0n) is 17.8. The third-order valence-electron chi connectivity index (χ3n) is 5.52. The van der Waals surface area contributed by atoms with Crippen molar-refractivity contribution < 1.29 is 0 Å². The van der Waals surface area contributed by atoms with Gasteiger partial charge < -0.3 is 10.6 Å². The number of aromatic nitrogens is 3. The second-order valence-corrected chi connectivity index (χ2v) is 7.51. The van der Waals surface area contributed by atoms with E-state index in [0.29, 0.717) is 12.6 Å². The standard InChI is InChI=1S/C23H29N7.HI/c1-24-23(26-16-22-28-27-18-30(22)20-11-6-3-7-12-20)25-15-21-13-8-14-29(21)17-19-9-4-2-5-10-19;/h2-7,9-12,18,21H,8,13-17H2,1H3,(H2,24,25,26);1H. The van der Waals surface area contributed by atoms with E-state index >= 15 is 0 Å². The Morgan fingerprint density at radius 1 is 1.06 bits per heavy atom. The van der Waals surface area contributed by atoms with Crippen LogP contribution < -0.4 is 10.6 Å². The van der Waals surface area contributed by atoms with Crippen molar-refractivity contribution in [3.05, 3.63) is 78.4 Å². The zero-order valence-corrected chi connectivity index (χ0v) is 20.1. The molecule has 2 N–H and O–H groups in total. The fraction of sp³-hybridized carbons (Fsp3) is 0.348. The lowest BCUT2D eigenvalue weighted by atomic mass is 10.2. The number of benzene rings is 2. The van der Waals surface area contributed by atoms with E-state index in [1.54, 1.807) is 13.4 Å². The van der Waals surface area contributed by atoms with Crippen molar-refractivity contribution in [2.45, 2.75) is 32.0 Å². The number of aliphatic imine (C=N–C) groups is 1. The van der Waals surface area contributed by atoms with E-state index in [9.17, 15) is 0 Å². The number of nitrogens with zero attached hydrogens (tertiary/aromatic N) is 5. The third-order valence-corrected chi connectivity index (χ3v) is 5.52. The fourth-order valence-electron chi connectivity index (χ4n) is 3.93. The van der Waals surface area contributed by atoms with Crippen molar-refractivity contribution in [1.29, 1.82) is 0 Å². The molecule has 8 heteroatoms. The quantitative estimate of drug-likeness (QED) is 0.279. The molecule has 1 aromatic heterocycles. The molecule has 1 saturated heterocycles. The maximum Gasteiger partial charge on any atom is 0.191 e. The molecule has 2 aromatic carbocycles. The second kappa shape index (κ2) is 11.8. The minimum atomic E-state index is 0. The Kier molecular flexibility index (Phi) is 8.84. The van der Waals surface area contributed by atoms with Gasteiger partial charge in [-0.25, -0.2) is 0 Å². The van der Waals surface area contributed by atoms with E-state index in [0.717, 1.165) is 37.1 Å². The van der Waals surface area contributed by atoms with Crippen LogP contribution in [0.4, 0.5) is 0 Å². The molecule has 1 aliphatic rings. The first-order valence-electron chi connectivity index (χ1n) is 10.5. The molecular formula is C23H30IN7. The number of hydrogen-bond acceptors (Lipinski definition) is 4. The van der Waals surface area contributed by atoms with Crippen LogP contribution in [0.1, 0.15) is 24.2 Å². The van der Waals surface area contributed by atoms with Crippen LogP contribution in [0.2, 0.25) is 0 Å². The molecule has 1 atom stereocenters. The number of hydrogen-bond donors (Lipinski definition) is 2. The average molecular weight is 531 g/mol. The minimum Gasteiger partial charge on any atom is -0.355 e. The van der Waals surface area contributed by atoms with Gasteiger partial charge in [-0.2, -0.15) is 0 Å². The summed E-state index contributed by atoms with van der Waals surface area (Å²) in [5, 5.41) is 15.2. The lowest BCUT2D eigenvalue weighted by Crippen LogP contribution is -2.44. The van der Waals surface area contributed by atoms with Gasteiger partial charge in [0.2, 0.25) is 0 Å². The highest BCUT2D eigenvalue weighted by atomic mass is 127. The van der Waals surface area contributed by atoms with E-state index < -0.39 is 0 Å². The van der Waals surface area contributed by atoms with E-state index in [-0.39, 0.29) is 24.0 Å². The molecule has 2 heterocycles. The van der Waals surface area contributed by atoms with Gasteiger partial charge in [-0.1, -0.05) is 48.5 Å². The molecule has 1 unspecified atom stereocenters. The predicted molar refractivity (Wildman–Crippen MR) is 135 cm³/mol. The number of rotatable bonds is 7. The first-order valence-corrected chi connectivity index (χ1v) is 10.5. The summed E-state index contributed by atoms with van der Waals surface area (Å²) in [5.74, 6) is 1.62. The van der Waals surface area contributed by atoms with Crippen LogP contribution >= 0.6 is 24.0 Å². The molecule has 0 aliphatic carbocycles. The first kappa shape index (κ1) is 23.2. The summed E-state index contributed by atoms with van der Waals surface area (Å²) in [7, 11) is 1.80. The Morgan fingerprint density at radius 3 is 2.55 bits per heavy atom. The predicted octanol–water partition coefficient (Wildman–Crippen LogP) is 3.21. The number of para-hydroxylation sites is 1. The highest BCUT2D eigenvalue weighted by molar-refractivity contribution is 14.0. The SMILES string of the molecule is CN=C(NCc1nncn1-c1ccccc1)NCC1CCCN1Cc1ccccc1.I. The summed E-state index contributed by atoms with van der Waals surface area (Å²) in [6.45, 7) is 3.57. The molecule has 1 fully saturated rings. The molecule has 0 saturated carbocycles. The number of guanidine groups is 1. The maximum absolute atomic E-state index is 4.38. The number of likely N-dealkylation sites (tertiary alicyclic amines) is 1. The van der Waals surface area contributed by atoms with E-state index in [1.807, 2.05) is 34.9 Å². The van der Waals surface area contributed by atoms with Crippen LogP contribution in [0.3, 0.4) is 0 Å². The molecule has 0 radical (unpaired) electrons. The van der Waals surface area contributed by atoms with Crippen LogP contribution in [-0.4, -0.2) is 51.8 Å². The molecule has 1 aliphatic heterocycles. The van der Waals surface area contributed by atoms with Gasteiger partial charge in [-0.15, -0.1) is 34.2 Å². The Labute approximate surface area is 201 Å². The Bertz CT molecular complexity index is 943. The molecule has 164 valence electrons. The van der Waals surface area contributed by atoms with Gasteiger partial charge >= 0.3 is 0 Å². The van der Waals surface area contributed by atoms with Gasteiger partial charge in [0.15, 0.2) is 11.8 Å². The van der Waals surface area contributed by atoms with Gasteiger partial charge in [0.05, 0.1) is 6.54 Å². The summed E-state index contributed by atoms with van der Waals surface area (Å²) in [5.41, 5.74) is 2.41. The third kappa shape index (κ3) is 6.27. The summed E-state index contributed by atoms with van der Waals surface area (Å²) < 4.78 is 1.98. The molecule has 0 amide bonds. The minimum absolute atomic E-state index is 0. The van der Waals surface area contributed by atoms with Crippen LogP contribution in [0.5, 0.6) is 0 Å². The largest absolute Gasteiger partial charge is 0.355 e. The van der Waals surface area contributed by atoms with Crippen molar-refractivity contribution >= 4 is 29.9 Å². The molecule has 0 bridgehead atoms. The van der Waals surface area contributed by atoms with Crippen LogP contribution in [0.15, 0.2) is 72.0 Å². The Hall–Kier alpha value is -2.46. The van der Waals surface area contributed by atoms with Crippen molar-refractivity contribution in [3.8, 4) is 5.69 Å². The van der Waals surface area contributed by atoms with Gasteiger partial charge in [0, 0.05) is 31.9 Å². The van der Waals surface area contributed by atoms with Gasteiger partial charge in [0.1, 0.15) is 6.33 Å². The lowest BCUT2D eigenvalue weighted by molar-refractivity contribution is 0.245. The fourth-order valence-corrected chi connectivity index (χ4v) is 3.93. The molecule has 31 heavy (non-hydrogen) atoms. The number of halogens is 1. The van der Waals surface area contributed by atoms with E-state index in [4.69, 9.17) is 0 Å². The highest BCUT2D eigenvalue weighted by Gasteiger charge is 2.24. The van der Waals surface area contributed by atoms with E-state index in [2.05, 4.69) is 61.1 Å². The van der Waals surface area contributed by atoms with E-state index in [1.165, 1.54) is 18.4 Å². The topological polar surface area (TPSA) is 70.4 Å². The van der Waals surface area contributed by atoms with Gasteiger partial charge in [-0.3, -0.25) is 14.5 Å². The lowest BCUT2D eigenvalue weighted by Gasteiger charge is -2.25. The average Bonchev–Trinajstić information content (AvgIpc) is 3.45. The summed E-state index contributed by atoms with van der Waals surface area (Å²) in [4.78, 5) is 6.94. The van der Waals surface area contributed by atoms with Crippen LogP contribution in [0.25, 0.3) is 5.69 Å². The van der Waals surface area contributed by atoms with Crippen molar-refractivity contribution in [2.24, 2.45) is 4.99 Å². The van der Waals surface area contributed by atoms with Crippen molar-refractivity contribution in [1.82, 2.24) is 30.3 Å². The molecule has 3 aromatic rings. The first-order chi connectivity index (χ1) is 14.8. The monoisotopic (exact) mass is 531 g/mol. The zero-order chi connectivity index (χ0) is 20.6. The summed E-state index contributed by atoms with van der Waals surface area (Å²) >= 11 is 0. The van der Waals surface area contributed by atoms with Crippen molar-refractivity contribution in [3.63, 3.8) is 0 Å². The maximum atomic E-state index is 4.38. The van der Waals surface area contributed by atoms with Gasteiger partial charge in [-0.05, 0) is 37.1 Å². The molecular weight excluding hydrogens is 501 g/mol. The molecule has 0 spiro atoms. The summed E-state index contributed by atoms with van der Waals surface area (Å²) in [6.07, 6.45) is 4.19. The summed E-state index contributed by atoms with van der Waals surface area (Å²) in [6, 6.07) is 21.3. The van der Waals surface area contributed by atoms with Crippen LogP contribution in [-0.2, 0) is 13.1 Å². The normalized spacial score (nSPS) is 16.7. The van der Waals surface area contributed by atoms with Crippen LogP contribution in [0, 0.1) is 0 Å². The Morgan fingerprint density at radius 2 is 1.81 bits per heavy atom. The second-order valence-electron chi connectivity index (χ2n) is 7.51. The highest BCUT2D eigenvalue weighted by Crippen LogP contribution is 2.19. The molecule has 7 nitrogen and oxygen atoms in total. The number of nitrogens with one attached hydrogen (secondary N) is 2. The smallest absolute Gasteiger partial charge is 0.191 e. The Balaban J connectivity index is 0.00000272. The van der Waals surface area contributed by atoms with Gasteiger partial charge in [0.25, 0.3) is 0 Å². The molecule has 4 rings (SSSR count). The van der Waals surface area contributed by atoms with Crippen molar-refractivity contribution in [2.75, 3.05) is 20.1 Å².